The summed E-state index contributed by atoms with van der Waals surface area (Å²) in [5.74, 6) is 0.618. The molecule has 2 aromatic carbocycles. The predicted molar refractivity (Wildman–Crippen MR) is 96.2 cm³/mol. The number of rotatable bonds is 6. The maximum Gasteiger partial charge on any atom is 0.321 e. The van der Waals surface area contributed by atoms with Gasteiger partial charge in [-0.1, -0.05) is 18.2 Å². The first-order chi connectivity index (χ1) is 11.8. The van der Waals surface area contributed by atoms with Gasteiger partial charge in [0.2, 0.25) is 10.0 Å². The summed E-state index contributed by atoms with van der Waals surface area (Å²) in [4.78, 5) is 13.1. The normalized spacial score (nSPS) is 11.0. The highest BCUT2D eigenvalue weighted by molar-refractivity contribution is 7.89. The van der Waals surface area contributed by atoms with E-state index >= 15 is 0 Å². The Bertz CT molecular complexity index is 833. The van der Waals surface area contributed by atoms with Crippen molar-refractivity contribution in [3.63, 3.8) is 0 Å². The third-order valence-corrected chi connectivity index (χ3v) is 4.88. The molecule has 0 aliphatic rings. The van der Waals surface area contributed by atoms with E-state index < -0.39 is 10.0 Å². The number of hydrogen-bond acceptors (Lipinski definition) is 4. The van der Waals surface area contributed by atoms with Gasteiger partial charge in [-0.3, -0.25) is 0 Å². The molecule has 0 radical (unpaired) electrons. The number of carbonyl (C=O) groups is 1. The smallest absolute Gasteiger partial charge is 0.321 e. The molecule has 8 heteroatoms. The van der Waals surface area contributed by atoms with Crippen LogP contribution in [-0.4, -0.2) is 40.6 Å². The van der Waals surface area contributed by atoms with E-state index in [1.54, 1.807) is 38.4 Å². The lowest BCUT2D eigenvalue weighted by Crippen LogP contribution is -2.27. The molecule has 0 heterocycles. The quantitative estimate of drug-likeness (QED) is 0.824. The maximum atomic E-state index is 12.4. The molecule has 0 atom stereocenters. The van der Waals surface area contributed by atoms with E-state index in [4.69, 9.17) is 4.74 Å². The molecule has 0 aromatic heterocycles. The average molecular weight is 363 g/mol. The fourth-order valence-corrected chi connectivity index (χ4v) is 3.06. The van der Waals surface area contributed by atoms with E-state index in [1.807, 2.05) is 12.1 Å². The molecular formula is C17H21N3O4S. The van der Waals surface area contributed by atoms with E-state index in [9.17, 15) is 13.2 Å². The van der Waals surface area contributed by atoms with Gasteiger partial charge in [0.25, 0.3) is 0 Å². The largest absolute Gasteiger partial charge is 0.496 e. The molecule has 0 fully saturated rings. The fraction of sp³-hybridized carbons (Fsp3) is 0.235. The van der Waals surface area contributed by atoms with Crippen LogP contribution in [0.15, 0.2) is 53.4 Å². The molecule has 2 amide bonds. The SMILES string of the molecule is COc1ccccc1CNS(=O)(=O)c1ccc(NC(=O)N(C)C)cc1. The van der Waals surface area contributed by atoms with Crippen molar-refractivity contribution < 1.29 is 17.9 Å². The molecule has 0 aliphatic heterocycles. The van der Waals surface area contributed by atoms with Crippen molar-refractivity contribution >= 4 is 21.7 Å². The Morgan fingerprint density at radius 3 is 2.32 bits per heavy atom. The van der Waals surface area contributed by atoms with Crippen LogP contribution in [0.2, 0.25) is 0 Å². The molecular weight excluding hydrogens is 342 g/mol. The van der Waals surface area contributed by atoms with Crippen LogP contribution in [0.5, 0.6) is 5.75 Å². The number of carbonyl (C=O) groups excluding carboxylic acids is 1. The third-order valence-electron chi connectivity index (χ3n) is 3.47. The van der Waals surface area contributed by atoms with Crippen LogP contribution in [0.4, 0.5) is 10.5 Å². The number of nitrogens with zero attached hydrogens (tertiary/aromatic N) is 1. The summed E-state index contributed by atoms with van der Waals surface area (Å²) >= 11 is 0. The summed E-state index contributed by atoms with van der Waals surface area (Å²) in [6, 6.07) is 12.9. The van der Waals surface area contributed by atoms with Gasteiger partial charge in [-0.25, -0.2) is 17.9 Å². The summed E-state index contributed by atoms with van der Waals surface area (Å²) in [6.07, 6.45) is 0. The minimum absolute atomic E-state index is 0.116. The summed E-state index contributed by atoms with van der Waals surface area (Å²) in [7, 11) is 1.10. The molecule has 7 nitrogen and oxygen atoms in total. The average Bonchev–Trinajstić information content (AvgIpc) is 2.60. The lowest BCUT2D eigenvalue weighted by Gasteiger charge is -2.13. The van der Waals surface area contributed by atoms with Crippen molar-refractivity contribution in [2.24, 2.45) is 0 Å². The fourth-order valence-electron chi connectivity index (χ4n) is 2.06. The zero-order valence-electron chi connectivity index (χ0n) is 14.3. The van der Waals surface area contributed by atoms with Crippen LogP contribution in [0.25, 0.3) is 0 Å². The highest BCUT2D eigenvalue weighted by Gasteiger charge is 2.15. The molecule has 2 N–H and O–H groups in total. The highest BCUT2D eigenvalue weighted by Crippen LogP contribution is 2.19. The van der Waals surface area contributed by atoms with Crippen molar-refractivity contribution in [2.45, 2.75) is 11.4 Å². The molecule has 134 valence electrons. The number of ether oxygens (including phenoxy) is 1. The zero-order chi connectivity index (χ0) is 18.4. The number of para-hydroxylation sites is 1. The van der Waals surface area contributed by atoms with Crippen LogP contribution >= 0.6 is 0 Å². The van der Waals surface area contributed by atoms with E-state index in [0.29, 0.717) is 11.4 Å². The number of hydrogen-bond donors (Lipinski definition) is 2. The van der Waals surface area contributed by atoms with E-state index in [0.717, 1.165) is 5.56 Å². The number of sulfonamides is 1. The number of anilines is 1. The number of benzene rings is 2. The standard InChI is InChI=1S/C17H21N3O4S/c1-20(2)17(21)19-14-8-10-15(11-9-14)25(22,23)18-12-13-6-4-5-7-16(13)24-3/h4-11,18H,12H2,1-3H3,(H,19,21). The summed E-state index contributed by atoms with van der Waals surface area (Å²) in [5.41, 5.74) is 1.26. The highest BCUT2D eigenvalue weighted by atomic mass is 32.2. The van der Waals surface area contributed by atoms with Crippen molar-refractivity contribution in [3.05, 3.63) is 54.1 Å². The molecule has 0 spiro atoms. The molecule has 25 heavy (non-hydrogen) atoms. The Hall–Kier alpha value is -2.58. The second-order valence-corrected chi connectivity index (χ2v) is 7.25. The molecule has 0 aliphatic carbocycles. The molecule has 0 saturated carbocycles. The zero-order valence-corrected chi connectivity index (χ0v) is 15.1. The van der Waals surface area contributed by atoms with Crippen molar-refractivity contribution in [3.8, 4) is 5.75 Å². The van der Waals surface area contributed by atoms with E-state index in [1.165, 1.54) is 24.1 Å². The lowest BCUT2D eigenvalue weighted by molar-refractivity contribution is 0.230. The second kappa shape index (κ2) is 8.00. The molecule has 2 rings (SSSR count). The third kappa shape index (κ3) is 4.94. The second-order valence-electron chi connectivity index (χ2n) is 5.49. The summed E-state index contributed by atoms with van der Waals surface area (Å²) in [6.45, 7) is 0.117. The maximum absolute atomic E-state index is 12.4. The topological polar surface area (TPSA) is 87.7 Å². The van der Waals surface area contributed by atoms with Crippen LogP contribution in [0.3, 0.4) is 0 Å². The van der Waals surface area contributed by atoms with Crippen LogP contribution in [-0.2, 0) is 16.6 Å². The lowest BCUT2D eigenvalue weighted by atomic mass is 10.2. The predicted octanol–water partition coefficient (Wildman–Crippen LogP) is 2.27. The Morgan fingerprint density at radius 1 is 1.08 bits per heavy atom. The number of urea groups is 1. The number of methoxy groups -OCH3 is 1. The Kier molecular flexibility index (Phi) is 6.00. The Labute approximate surface area is 147 Å². The molecule has 0 saturated heterocycles. The van der Waals surface area contributed by atoms with Crippen LogP contribution in [0.1, 0.15) is 5.56 Å². The van der Waals surface area contributed by atoms with Gasteiger partial charge in [-0.05, 0) is 30.3 Å². The number of nitrogens with one attached hydrogen (secondary N) is 2. The molecule has 0 bridgehead atoms. The first kappa shape index (κ1) is 18.8. The number of amides is 2. The van der Waals surface area contributed by atoms with Gasteiger partial charge in [0.1, 0.15) is 5.75 Å². The molecule has 0 unspecified atom stereocenters. The monoisotopic (exact) mass is 363 g/mol. The van der Waals surface area contributed by atoms with Crippen molar-refractivity contribution in [2.75, 3.05) is 26.5 Å². The van der Waals surface area contributed by atoms with Crippen molar-refractivity contribution in [1.29, 1.82) is 0 Å². The van der Waals surface area contributed by atoms with Gasteiger partial charge >= 0.3 is 6.03 Å². The van der Waals surface area contributed by atoms with Gasteiger partial charge < -0.3 is 15.0 Å². The van der Waals surface area contributed by atoms with E-state index in [-0.39, 0.29) is 17.5 Å². The Morgan fingerprint density at radius 2 is 1.72 bits per heavy atom. The first-order valence-corrected chi connectivity index (χ1v) is 9.02. The van der Waals surface area contributed by atoms with Gasteiger partial charge in [0, 0.05) is 31.9 Å². The first-order valence-electron chi connectivity index (χ1n) is 7.53. The van der Waals surface area contributed by atoms with Crippen LogP contribution < -0.4 is 14.8 Å². The van der Waals surface area contributed by atoms with Gasteiger partial charge in [0.15, 0.2) is 0 Å². The molecule has 2 aromatic rings. The van der Waals surface area contributed by atoms with Gasteiger partial charge in [-0.15, -0.1) is 0 Å². The van der Waals surface area contributed by atoms with Gasteiger partial charge in [0.05, 0.1) is 12.0 Å². The van der Waals surface area contributed by atoms with E-state index in [2.05, 4.69) is 10.0 Å². The minimum atomic E-state index is -3.67. The van der Waals surface area contributed by atoms with Crippen LogP contribution in [0, 0.1) is 0 Å². The van der Waals surface area contributed by atoms with Gasteiger partial charge in [-0.2, -0.15) is 0 Å². The Balaban J connectivity index is 2.08. The summed E-state index contributed by atoms with van der Waals surface area (Å²) < 4.78 is 32.5. The summed E-state index contributed by atoms with van der Waals surface area (Å²) in [5, 5.41) is 2.65. The van der Waals surface area contributed by atoms with Crippen molar-refractivity contribution in [1.82, 2.24) is 9.62 Å². The minimum Gasteiger partial charge on any atom is -0.496 e.